The van der Waals surface area contributed by atoms with Gasteiger partial charge in [0.05, 0.1) is 26.0 Å². The molecule has 0 aliphatic carbocycles. The van der Waals surface area contributed by atoms with Crippen LogP contribution in [0, 0.1) is 11.3 Å². The fourth-order valence-corrected chi connectivity index (χ4v) is 1.78. The van der Waals surface area contributed by atoms with Gasteiger partial charge in [0.25, 0.3) is 5.56 Å². The van der Waals surface area contributed by atoms with E-state index in [0.717, 1.165) is 10.2 Å². The Labute approximate surface area is 115 Å². The second-order valence-corrected chi connectivity index (χ2v) is 3.94. The Hall–Kier alpha value is -2.81. The molecular formula is C14H13N3O3. The van der Waals surface area contributed by atoms with E-state index in [-0.39, 0.29) is 12.1 Å². The standard InChI is InChI=1S/C14H13N3O3/c1-19-12-5-3-10(9-13(12)20-2)11-4-6-14(18)17(16-11)8-7-15/h3-6,9H,8H2,1-2H3. The quantitative estimate of drug-likeness (QED) is 0.841. The van der Waals surface area contributed by atoms with Gasteiger partial charge >= 0.3 is 0 Å². The molecule has 0 saturated heterocycles. The highest BCUT2D eigenvalue weighted by atomic mass is 16.5. The molecular weight excluding hydrogens is 258 g/mol. The molecule has 0 radical (unpaired) electrons. The second kappa shape index (κ2) is 5.89. The largest absolute Gasteiger partial charge is 0.493 e. The topological polar surface area (TPSA) is 77.1 Å². The van der Waals surface area contributed by atoms with E-state index in [1.807, 2.05) is 12.1 Å². The smallest absolute Gasteiger partial charge is 0.267 e. The lowest BCUT2D eigenvalue weighted by Crippen LogP contribution is -2.21. The molecule has 0 bridgehead atoms. The monoisotopic (exact) mass is 271 g/mol. The minimum absolute atomic E-state index is 0.0834. The Balaban J connectivity index is 2.49. The van der Waals surface area contributed by atoms with Crippen LogP contribution >= 0.6 is 0 Å². The molecule has 0 amide bonds. The molecule has 2 aromatic rings. The molecule has 0 saturated carbocycles. The predicted molar refractivity (Wildman–Crippen MR) is 72.7 cm³/mol. The number of hydrogen-bond acceptors (Lipinski definition) is 5. The van der Waals surface area contributed by atoms with Crippen LogP contribution in [0.25, 0.3) is 11.3 Å². The average molecular weight is 271 g/mol. The molecule has 6 nitrogen and oxygen atoms in total. The van der Waals surface area contributed by atoms with Gasteiger partial charge in [-0.1, -0.05) is 0 Å². The first-order valence-corrected chi connectivity index (χ1v) is 5.87. The lowest BCUT2D eigenvalue weighted by Gasteiger charge is -2.09. The molecule has 0 fully saturated rings. The number of benzene rings is 1. The van der Waals surface area contributed by atoms with Crippen molar-refractivity contribution >= 4 is 0 Å². The summed E-state index contributed by atoms with van der Waals surface area (Å²) < 4.78 is 11.5. The lowest BCUT2D eigenvalue weighted by atomic mass is 10.1. The zero-order valence-electron chi connectivity index (χ0n) is 11.2. The summed E-state index contributed by atoms with van der Waals surface area (Å²) in [4.78, 5) is 11.5. The summed E-state index contributed by atoms with van der Waals surface area (Å²) in [6, 6.07) is 10.2. The van der Waals surface area contributed by atoms with Crippen molar-refractivity contribution in [3.05, 3.63) is 40.7 Å². The Kier molecular flexibility index (Phi) is 4.01. The van der Waals surface area contributed by atoms with E-state index in [1.165, 1.54) is 6.07 Å². The first-order chi connectivity index (χ1) is 9.69. The van der Waals surface area contributed by atoms with Crippen LogP contribution in [0.15, 0.2) is 35.1 Å². The summed E-state index contributed by atoms with van der Waals surface area (Å²) in [7, 11) is 3.11. The summed E-state index contributed by atoms with van der Waals surface area (Å²) in [6.45, 7) is -0.0834. The zero-order chi connectivity index (χ0) is 14.5. The van der Waals surface area contributed by atoms with E-state index in [1.54, 1.807) is 32.4 Å². The van der Waals surface area contributed by atoms with Crippen LogP contribution in [0.1, 0.15) is 0 Å². The van der Waals surface area contributed by atoms with Crippen molar-refractivity contribution in [3.8, 4) is 28.8 Å². The minimum Gasteiger partial charge on any atom is -0.493 e. The summed E-state index contributed by atoms with van der Waals surface area (Å²) in [5.41, 5.74) is 1.05. The normalized spacial score (nSPS) is 9.85. The molecule has 1 aromatic heterocycles. The third-order valence-corrected chi connectivity index (χ3v) is 2.77. The van der Waals surface area contributed by atoms with Crippen molar-refractivity contribution in [2.24, 2.45) is 0 Å². The Morgan fingerprint density at radius 2 is 1.95 bits per heavy atom. The van der Waals surface area contributed by atoms with Crippen molar-refractivity contribution in [3.63, 3.8) is 0 Å². The van der Waals surface area contributed by atoms with Gasteiger partial charge in [-0.3, -0.25) is 4.79 Å². The number of nitriles is 1. The highest BCUT2D eigenvalue weighted by Gasteiger charge is 2.08. The van der Waals surface area contributed by atoms with Crippen LogP contribution in [0.4, 0.5) is 0 Å². The van der Waals surface area contributed by atoms with Crippen molar-refractivity contribution in [1.29, 1.82) is 5.26 Å². The van der Waals surface area contributed by atoms with Gasteiger partial charge in [0.1, 0.15) is 6.54 Å². The van der Waals surface area contributed by atoms with E-state index in [0.29, 0.717) is 17.2 Å². The lowest BCUT2D eigenvalue weighted by molar-refractivity contribution is 0.355. The minimum atomic E-state index is -0.309. The summed E-state index contributed by atoms with van der Waals surface area (Å²) in [5.74, 6) is 1.19. The maximum atomic E-state index is 11.5. The van der Waals surface area contributed by atoms with E-state index < -0.39 is 0 Å². The van der Waals surface area contributed by atoms with Crippen molar-refractivity contribution in [2.75, 3.05) is 14.2 Å². The van der Waals surface area contributed by atoms with Crippen LogP contribution in [0.2, 0.25) is 0 Å². The third-order valence-electron chi connectivity index (χ3n) is 2.77. The predicted octanol–water partition coefficient (Wildman–Crippen LogP) is 1.45. The molecule has 2 rings (SSSR count). The second-order valence-electron chi connectivity index (χ2n) is 3.94. The number of ether oxygens (including phenoxy) is 2. The average Bonchev–Trinajstić information content (AvgIpc) is 2.49. The molecule has 1 aromatic carbocycles. The molecule has 102 valence electrons. The van der Waals surface area contributed by atoms with Gasteiger partial charge < -0.3 is 9.47 Å². The van der Waals surface area contributed by atoms with Gasteiger partial charge in [-0.15, -0.1) is 0 Å². The Morgan fingerprint density at radius 3 is 2.60 bits per heavy atom. The summed E-state index contributed by atoms with van der Waals surface area (Å²) in [5, 5.41) is 12.8. The van der Waals surface area contributed by atoms with E-state index in [4.69, 9.17) is 14.7 Å². The maximum Gasteiger partial charge on any atom is 0.267 e. The van der Waals surface area contributed by atoms with Gasteiger partial charge in [0.2, 0.25) is 0 Å². The van der Waals surface area contributed by atoms with E-state index in [2.05, 4.69) is 5.10 Å². The van der Waals surface area contributed by atoms with Crippen molar-refractivity contribution < 1.29 is 9.47 Å². The maximum absolute atomic E-state index is 11.5. The molecule has 0 spiro atoms. The Bertz CT molecular complexity index is 716. The van der Waals surface area contributed by atoms with Crippen LogP contribution in [-0.2, 0) is 6.54 Å². The number of rotatable bonds is 4. The van der Waals surface area contributed by atoms with Gasteiger partial charge in [-0.2, -0.15) is 10.4 Å². The molecule has 0 aliphatic rings. The summed E-state index contributed by atoms with van der Waals surface area (Å²) in [6.07, 6.45) is 0. The summed E-state index contributed by atoms with van der Waals surface area (Å²) >= 11 is 0. The van der Waals surface area contributed by atoms with Gasteiger partial charge in [-0.05, 0) is 24.3 Å². The van der Waals surface area contributed by atoms with Crippen LogP contribution in [-0.4, -0.2) is 24.0 Å². The number of hydrogen-bond donors (Lipinski definition) is 0. The van der Waals surface area contributed by atoms with Crippen LogP contribution in [0.5, 0.6) is 11.5 Å². The SMILES string of the molecule is COc1ccc(-c2ccc(=O)n(CC#N)n2)cc1OC. The number of aromatic nitrogens is 2. The number of nitrogens with zero attached hydrogens (tertiary/aromatic N) is 3. The third kappa shape index (κ3) is 2.62. The van der Waals surface area contributed by atoms with Crippen LogP contribution in [0.3, 0.4) is 0 Å². The molecule has 0 N–H and O–H groups in total. The highest BCUT2D eigenvalue weighted by molar-refractivity contribution is 5.63. The molecule has 0 aliphatic heterocycles. The van der Waals surface area contributed by atoms with E-state index in [9.17, 15) is 4.79 Å². The molecule has 1 heterocycles. The Morgan fingerprint density at radius 1 is 1.20 bits per heavy atom. The van der Waals surface area contributed by atoms with Gasteiger partial charge in [0.15, 0.2) is 11.5 Å². The van der Waals surface area contributed by atoms with Gasteiger partial charge in [-0.25, -0.2) is 4.68 Å². The highest BCUT2D eigenvalue weighted by Crippen LogP contribution is 2.31. The first kappa shape index (κ1) is 13.6. The molecule has 0 unspecified atom stereocenters. The number of methoxy groups -OCH3 is 2. The molecule has 6 heteroatoms. The fourth-order valence-electron chi connectivity index (χ4n) is 1.78. The van der Waals surface area contributed by atoms with Crippen LogP contribution < -0.4 is 15.0 Å². The van der Waals surface area contributed by atoms with Gasteiger partial charge in [0, 0.05) is 11.6 Å². The first-order valence-electron chi connectivity index (χ1n) is 5.87. The van der Waals surface area contributed by atoms with Crippen molar-refractivity contribution in [2.45, 2.75) is 6.54 Å². The fraction of sp³-hybridized carbons (Fsp3) is 0.214. The molecule has 0 atom stereocenters. The zero-order valence-corrected chi connectivity index (χ0v) is 11.2. The molecule has 20 heavy (non-hydrogen) atoms. The van der Waals surface area contributed by atoms with E-state index >= 15 is 0 Å². The van der Waals surface area contributed by atoms with Crippen molar-refractivity contribution in [1.82, 2.24) is 9.78 Å².